The molecule has 0 fully saturated rings. The molecule has 94 valence electrons. The van der Waals surface area contributed by atoms with E-state index in [0.717, 1.165) is 24.3 Å². The van der Waals surface area contributed by atoms with Crippen molar-refractivity contribution in [1.82, 2.24) is 4.98 Å². The molecule has 2 aromatic heterocycles. The second-order valence-corrected chi connectivity index (χ2v) is 5.53. The lowest BCUT2D eigenvalue weighted by Crippen LogP contribution is -2.14. The number of pyridine rings is 1. The van der Waals surface area contributed by atoms with Crippen molar-refractivity contribution in [2.75, 3.05) is 5.32 Å². The summed E-state index contributed by atoms with van der Waals surface area (Å²) in [6.45, 7) is 2.91. The number of nitrogens with one attached hydrogen (secondary N) is 1. The van der Waals surface area contributed by atoms with Crippen LogP contribution in [-0.2, 0) is 13.0 Å². The smallest absolute Gasteiger partial charge is 0.136 e. The maximum atomic E-state index is 5.66. The molecule has 0 saturated heterocycles. The third-order valence-corrected chi connectivity index (χ3v) is 4.02. The molecule has 2 rings (SSSR count). The van der Waals surface area contributed by atoms with Gasteiger partial charge in [0.25, 0.3) is 0 Å². The van der Waals surface area contributed by atoms with Gasteiger partial charge in [-0.3, -0.25) is 0 Å². The molecule has 2 heterocycles. The Morgan fingerprint density at radius 3 is 2.83 bits per heavy atom. The SMILES string of the molecule is CCc1ccc(CNc2ncccc2C(N)=S)s1. The van der Waals surface area contributed by atoms with E-state index in [1.54, 1.807) is 6.20 Å². The molecule has 2 aromatic rings. The van der Waals surface area contributed by atoms with Crippen molar-refractivity contribution < 1.29 is 0 Å². The van der Waals surface area contributed by atoms with Crippen LogP contribution in [0.2, 0.25) is 0 Å². The summed E-state index contributed by atoms with van der Waals surface area (Å²) in [5, 5.41) is 3.28. The van der Waals surface area contributed by atoms with Crippen LogP contribution in [0, 0.1) is 0 Å². The number of aromatic nitrogens is 1. The van der Waals surface area contributed by atoms with Crippen LogP contribution in [0.25, 0.3) is 0 Å². The number of hydrogen-bond donors (Lipinski definition) is 2. The Bertz CT molecular complexity index is 549. The molecule has 0 atom stereocenters. The van der Waals surface area contributed by atoms with E-state index in [-0.39, 0.29) is 0 Å². The molecular formula is C13H15N3S2. The summed E-state index contributed by atoms with van der Waals surface area (Å²) >= 11 is 6.82. The highest BCUT2D eigenvalue weighted by Crippen LogP contribution is 2.19. The lowest BCUT2D eigenvalue weighted by atomic mass is 10.2. The number of nitrogens with zero attached hydrogens (tertiary/aromatic N) is 1. The predicted octanol–water partition coefficient (Wildman–Crippen LogP) is 2.95. The van der Waals surface area contributed by atoms with E-state index in [0.29, 0.717) is 4.99 Å². The first kappa shape index (κ1) is 13.0. The maximum Gasteiger partial charge on any atom is 0.136 e. The topological polar surface area (TPSA) is 50.9 Å². The molecule has 0 spiro atoms. The van der Waals surface area contributed by atoms with Crippen molar-refractivity contribution >= 4 is 34.4 Å². The van der Waals surface area contributed by atoms with Crippen molar-refractivity contribution in [2.24, 2.45) is 5.73 Å². The summed E-state index contributed by atoms with van der Waals surface area (Å²) < 4.78 is 0. The summed E-state index contributed by atoms with van der Waals surface area (Å²) in [6, 6.07) is 8.01. The zero-order chi connectivity index (χ0) is 13.0. The molecule has 0 aliphatic rings. The van der Waals surface area contributed by atoms with E-state index in [4.69, 9.17) is 18.0 Å². The van der Waals surface area contributed by atoms with Crippen molar-refractivity contribution in [3.8, 4) is 0 Å². The minimum Gasteiger partial charge on any atom is -0.389 e. The molecule has 3 N–H and O–H groups in total. The number of thiophene rings is 1. The first-order valence-electron chi connectivity index (χ1n) is 5.77. The molecule has 0 radical (unpaired) electrons. The normalized spacial score (nSPS) is 10.3. The van der Waals surface area contributed by atoms with Crippen LogP contribution in [0.15, 0.2) is 30.5 Å². The first-order chi connectivity index (χ1) is 8.70. The fraction of sp³-hybridized carbons (Fsp3) is 0.231. The highest BCUT2D eigenvalue weighted by molar-refractivity contribution is 7.80. The Kier molecular flexibility index (Phi) is 4.28. The van der Waals surface area contributed by atoms with Gasteiger partial charge in [0.15, 0.2) is 0 Å². The largest absolute Gasteiger partial charge is 0.389 e. The van der Waals surface area contributed by atoms with Gasteiger partial charge in [-0.1, -0.05) is 19.1 Å². The van der Waals surface area contributed by atoms with E-state index >= 15 is 0 Å². The molecule has 0 aromatic carbocycles. The molecule has 0 bridgehead atoms. The second kappa shape index (κ2) is 5.93. The minimum absolute atomic E-state index is 0.367. The standard InChI is InChI=1S/C13H15N3S2/c1-2-9-5-6-10(18-9)8-16-13-11(12(14)17)4-3-7-15-13/h3-7H,2,8H2,1H3,(H2,14,17)(H,15,16). The Morgan fingerprint density at radius 1 is 1.39 bits per heavy atom. The van der Waals surface area contributed by atoms with Crippen molar-refractivity contribution in [2.45, 2.75) is 19.9 Å². The monoisotopic (exact) mass is 277 g/mol. The Balaban J connectivity index is 2.08. The van der Waals surface area contributed by atoms with Gasteiger partial charge in [-0.2, -0.15) is 0 Å². The van der Waals surface area contributed by atoms with Crippen LogP contribution in [0.4, 0.5) is 5.82 Å². The average molecular weight is 277 g/mol. The summed E-state index contributed by atoms with van der Waals surface area (Å²) in [4.78, 5) is 7.31. The van der Waals surface area contributed by atoms with Gasteiger partial charge in [0.2, 0.25) is 0 Å². The highest BCUT2D eigenvalue weighted by atomic mass is 32.1. The molecule has 0 saturated carbocycles. The third-order valence-electron chi connectivity index (χ3n) is 2.57. The highest BCUT2D eigenvalue weighted by Gasteiger charge is 2.06. The predicted molar refractivity (Wildman–Crippen MR) is 81.1 cm³/mol. The number of nitrogens with two attached hydrogens (primary N) is 1. The summed E-state index contributed by atoms with van der Waals surface area (Å²) in [6.07, 6.45) is 2.81. The van der Waals surface area contributed by atoms with Gasteiger partial charge in [-0.05, 0) is 30.7 Å². The molecule has 3 nitrogen and oxygen atoms in total. The zero-order valence-electron chi connectivity index (χ0n) is 10.1. The van der Waals surface area contributed by atoms with Crippen LogP contribution in [0.1, 0.15) is 22.2 Å². The van der Waals surface area contributed by atoms with Gasteiger partial charge in [0.1, 0.15) is 10.8 Å². The number of rotatable bonds is 5. The van der Waals surface area contributed by atoms with Gasteiger partial charge < -0.3 is 11.1 Å². The van der Waals surface area contributed by atoms with Crippen LogP contribution in [-0.4, -0.2) is 9.97 Å². The number of aryl methyl sites for hydroxylation is 1. The molecule has 0 amide bonds. The molecule has 5 heteroatoms. The fourth-order valence-corrected chi connectivity index (χ4v) is 2.69. The fourth-order valence-electron chi connectivity index (χ4n) is 1.62. The van der Waals surface area contributed by atoms with Gasteiger partial charge in [0, 0.05) is 16.0 Å². The molecule has 0 unspecified atom stereocenters. The summed E-state index contributed by atoms with van der Waals surface area (Å²) in [7, 11) is 0. The number of hydrogen-bond acceptors (Lipinski definition) is 4. The Hall–Kier alpha value is -1.46. The molecule has 0 aliphatic carbocycles. The van der Waals surface area contributed by atoms with E-state index in [2.05, 4.69) is 29.4 Å². The molecular weight excluding hydrogens is 262 g/mol. The van der Waals surface area contributed by atoms with Crippen molar-refractivity contribution in [1.29, 1.82) is 0 Å². The molecule has 0 aliphatic heterocycles. The van der Waals surface area contributed by atoms with E-state index in [9.17, 15) is 0 Å². The Labute approximate surface area is 116 Å². The van der Waals surface area contributed by atoms with Crippen LogP contribution in [0.3, 0.4) is 0 Å². The van der Waals surface area contributed by atoms with E-state index in [1.165, 1.54) is 9.75 Å². The second-order valence-electron chi connectivity index (χ2n) is 3.84. The van der Waals surface area contributed by atoms with Gasteiger partial charge in [-0.15, -0.1) is 11.3 Å². The van der Waals surface area contributed by atoms with Crippen LogP contribution < -0.4 is 11.1 Å². The van der Waals surface area contributed by atoms with Gasteiger partial charge in [-0.25, -0.2) is 4.98 Å². The zero-order valence-corrected chi connectivity index (χ0v) is 11.8. The lowest BCUT2D eigenvalue weighted by molar-refractivity contribution is 1.14. The van der Waals surface area contributed by atoms with Gasteiger partial charge in [0.05, 0.1) is 12.1 Å². The molecule has 18 heavy (non-hydrogen) atoms. The first-order valence-corrected chi connectivity index (χ1v) is 6.99. The van der Waals surface area contributed by atoms with E-state index < -0.39 is 0 Å². The summed E-state index contributed by atoms with van der Waals surface area (Å²) in [5.41, 5.74) is 6.45. The van der Waals surface area contributed by atoms with Crippen molar-refractivity contribution in [3.05, 3.63) is 45.8 Å². The Morgan fingerprint density at radius 2 is 2.17 bits per heavy atom. The van der Waals surface area contributed by atoms with Gasteiger partial charge >= 0.3 is 0 Å². The average Bonchev–Trinajstić information content (AvgIpc) is 2.84. The lowest BCUT2D eigenvalue weighted by Gasteiger charge is -2.08. The quantitative estimate of drug-likeness (QED) is 0.825. The maximum absolute atomic E-state index is 5.66. The van der Waals surface area contributed by atoms with Crippen molar-refractivity contribution in [3.63, 3.8) is 0 Å². The summed E-state index contributed by atoms with van der Waals surface area (Å²) in [5.74, 6) is 0.747. The minimum atomic E-state index is 0.367. The van der Waals surface area contributed by atoms with Crippen LogP contribution >= 0.6 is 23.6 Å². The van der Waals surface area contributed by atoms with E-state index in [1.807, 2.05) is 23.5 Å². The number of thiocarbonyl (C=S) groups is 1. The van der Waals surface area contributed by atoms with Crippen LogP contribution in [0.5, 0.6) is 0 Å². The third kappa shape index (κ3) is 3.05. The number of anilines is 1.